The monoisotopic (exact) mass is 233 g/mol. The van der Waals surface area contributed by atoms with Gasteiger partial charge < -0.3 is 14.0 Å². The molecule has 2 aromatic rings. The van der Waals surface area contributed by atoms with Crippen LogP contribution in [0.2, 0.25) is 0 Å². The molecule has 0 spiro atoms. The third-order valence-corrected chi connectivity index (χ3v) is 2.63. The minimum Gasteiger partial charge on any atom is -0.497 e. The van der Waals surface area contributed by atoms with Crippen LogP contribution in [0.15, 0.2) is 30.5 Å². The largest absolute Gasteiger partial charge is 0.497 e. The molecule has 0 fully saturated rings. The Hall–Kier alpha value is -1.81. The molecule has 4 nitrogen and oxygen atoms in total. The fourth-order valence-corrected chi connectivity index (χ4v) is 1.84. The summed E-state index contributed by atoms with van der Waals surface area (Å²) < 4.78 is 11.9. The van der Waals surface area contributed by atoms with E-state index in [0.717, 1.165) is 16.7 Å². The van der Waals surface area contributed by atoms with Gasteiger partial charge in [-0.1, -0.05) is 0 Å². The molecule has 0 aliphatic heterocycles. The van der Waals surface area contributed by atoms with Crippen LogP contribution >= 0.6 is 0 Å². The number of carbonyl (C=O) groups is 1. The zero-order valence-corrected chi connectivity index (χ0v) is 9.97. The maximum Gasteiger partial charge on any atom is 0.178 e. The molecule has 0 atom stereocenters. The molecule has 0 N–H and O–H groups in total. The number of Topliss-reactive ketones (excluding diaryl/α,β-unsaturated/α-hetero) is 1. The molecule has 0 radical (unpaired) electrons. The van der Waals surface area contributed by atoms with Gasteiger partial charge in [0, 0.05) is 24.2 Å². The van der Waals surface area contributed by atoms with Crippen LogP contribution in [0.25, 0.3) is 10.9 Å². The molecule has 0 saturated heterocycles. The van der Waals surface area contributed by atoms with Gasteiger partial charge in [0.2, 0.25) is 0 Å². The Balaban J connectivity index is 2.27. The number of ether oxygens (including phenoxy) is 2. The van der Waals surface area contributed by atoms with E-state index in [0.29, 0.717) is 6.54 Å². The van der Waals surface area contributed by atoms with Crippen LogP contribution in [-0.2, 0) is 16.1 Å². The van der Waals surface area contributed by atoms with Gasteiger partial charge in [-0.15, -0.1) is 0 Å². The van der Waals surface area contributed by atoms with Gasteiger partial charge in [0.05, 0.1) is 13.7 Å². The zero-order chi connectivity index (χ0) is 12.3. The van der Waals surface area contributed by atoms with Crippen molar-refractivity contribution < 1.29 is 14.3 Å². The number of aromatic nitrogens is 1. The Morgan fingerprint density at radius 1 is 1.29 bits per heavy atom. The summed E-state index contributed by atoms with van der Waals surface area (Å²) >= 11 is 0. The Labute approximate surface area is 99.7 Å². The molecule has 0 saturated carbocycles. The van der Waals surface area contributed by atoms with Gasteiger partial charge in [0.1, 0.15) is 12.4 Å². The molecule has 1 heterocycles. The Morgan fingerprint density at radius 2 is 2.12 bits per heavy atom. The minimum absolute atomic E-state index is 0.0563. The molecule has 0 aliphatic rings. The highest BCUT2D eigenvalue weighted by atomic mass is 16.5. The number of nitrogens with zero attached hydrogens (tertiary/aromatic N) is 1. The number of rotatable bonds is 5. The number of fused-ring (bicyclic) bond motifs is 1. The Bertz CT molecular complexity index is 530. The van der Waals surface area contributed by atoms with Crippen molar-refractivity contribution in [2.24, 2.45) is 0 Å². The second-order valence-electron chi connectivity index (χ2n) is 3.84. The maximum atomic E-state index is 11.5. The summed E-state index contributed by atoms with van der Waals surface area (Å²) in [7, 11) is 3.16. The number of carbonyl (C=O) groups excluding carboxylic acids is 1. The van der Waals surface area contributed by atoms with Crippen molar-refractivity contribution in [3.63, 3.8) is 0 Å². The van der Waals surface area contributed by atoms with Crippen LogP contribution in [0.4, 0.5) is 0 Å². The molecule has 0 unspecified atom stereocenters. The SMILES string of the molecule is COCC(=O)Cn1ccc2cc(OC)ccc21. The van der Waals surface area contributed by atoms with E-state index < -0.39 is 0 Å². The van der Waals surface area contributed by atoms with Gasteiger partial charge in [-0.2, -0.15) is 0 Å². The molecular formula is C13H15NO3. The van der Waals surface area contributed by atoms with Gasteiger partial charge in [-0.05, 0) is 24.3 Å². The molecule has 1 aromatic heterocycles. The quantitative estimate of drug-likeness (QED) is 0.791. The first-order valence-corrected chi connectivity index (χ1v) is 5.38. The summed E-state index contributed by atoms with van der Waals surface area (Å²) in [5.41, 5.74) is 1.02. The first-order valence-electron chi connectivity index (χ1n) is 5.38. The van der Waals surface area contributed by atoms with Crippen LogP contribution in [0.1, 0.15) is 0 Å². The first kappa shape index (κ1) is 11.7. The van der Waals surface area contributed by atoms with E-state index in [-0.39, 0.29) is 12.4 Å². The molecule has 0 amide bonds. The third-order valence-electron chi connectivity index (χ3n) is 2.63. The molecule has 4 heteroatoms. The zero-order valence-electron chi connectivity index (χ0n) is 9.97. The molecule has 90 valence electrons. The van der Waals surface area contributed by atoms with Crippen LogP contribution in [0.5, 0.6) is 5.75 Å². The van der Waals surface area contributed by atoms with Crippen molar-refractivity contribution >= 4 is 16.7 Å². The average molecular weight is 233 g/mol. The molecule has 2 rings (SSSR count). The highest BCUT2D eigenvalue weighted by molar-refractivity contribution is 5.85. The summed E-state index contributed by atoms with van der Waals surface area (Å²) in [5, 5.41) is 1.06. The van der Waals surface area contributed by atoms with Crippen LogP contribution in [0.3, 0.4) is 0 Å². The second-order valence-corrected chi connectivity index (χ2v) is 3.84. The fourth-order valence-electron chi connectivity index (χ4n) is 1.84. The van der Waals surface area contributed by atoms with Crippen LogP contribution in [-0.4, -0.2) is 31.2 Å². The van der Waals surface area contributed by atoms with Gasteiger partial charge in [-0.3, -0.25) is 4.79 Å². The van der Waals surface area contributed by atoms with Crippen LogP contribution in [0, 0.1) is 0 Å². The summed E-state index contributed by atoms with van der Waals surface area (Å²) in [4.78, 5) is 11.5. The van der Waals surface area contributed by atoms with E-state index in [4.69, 9.17) is 9.47 Å². The van der Waals surface area contributed by atoms with Crippen molar-refractivity contribution in [3.05, 3.63) is 30.5 Å². The van der Waals surface area contributed by atoms with E-state index in [1.165, 1.54) is 7.11 Å². The number of benzene rings is 1. The van der Waals surface area contributed by atoms with Crippen molar-refractivity contribution in [1.82, 2.24) is 4.57 Å². The van der Waals surface area contributed by atoms with E-state index in [1.807, 2.05) is 35.0 Å². The summed E-state index contributed by atoms with van der Waals surface area (Å²) in [5.74, 6) is 0.874. The Morgan fingerprint density at radius 3 is 2.82 bits per heavy atom. The van der Waals surface area contributed by atoms with E-state index >= 15 is 0 Å². The predicted molar refractivity (Wildman–Crippen MR) is 65.4 cm³/mol. The lowest BCUT2D eigenvalue weighted by atomic mass is 10.2. The number of methoxy groups -OCH3 is 2. The van der Waals surface area contributed by atoms with Crippen molar-refractivity contribution in [2.75, 3.05) is 20.8 Å². The van der Waals surface area contributed by atoms with Gasteiger partial charge in [0.15, 0.2) is 5.78 Å². The summed E-state index contributed by atoms with van der Waals surface area (Å²) in [6.45, 7) is 0.486. The highest BCUT2D eigenvalue weighted by Gasteiger charge is 2.06. The lowest BCUT2D eigenvalue weighted by molar-refractivity contribution is -0.123. The van der Waals surface area contributed by atoms with Crippen molar-refractivity contribution in [2.45, 2.75) is 6.54 Å². The van der Waals surface area contributed by atoms with E-state index in [1.54, 1.807) is 7.11 Å². The van der Waals surface area contributed by atoms with Gasteiger partial charge in [0.25, 0.3) is 0 Å². The number of hydrogen-bond donors (Lipinski definition) is 0. The number of hydrogen-bond acceptors (Lipinski definition) is 3. The van der Waals surface area contributed by atoms with Gasteiger partial charge in [-0.25, -0.2) is 0 Å². The van der Waals surface area contributed by atoms with Crippen molar-refractivity contribution in [3.8, 4) is 5.75 Å². The fraction of sp³-hybridized carbons (Fsp3) is 0.308. The second kappa shape index (κ2) is 5.01. The van der Waals surface area contributed by atoms with Crippen LogP contribution < -0.4 is 4.74 Å². The Kier molecular flexibility index (Phi) is 3.44. The lowest BCUT2D eigenvalue weighted by Gasteiger charge is -2.05. The molecule has 0 aliphatic carbocycles. The molecular weight excluding hydrogens is 218 g/mol. The normalized spacial score (nSPS) is 10.7. The molecule has 17 heavy (non-hydrogen) atoms. The predicted octanol–water partition coefficient (Wildman–Crippen LogP) is 1.87. The minimum atomic E-state index is 0.0563. The van der Waals surface area contributed by atoms with E-state index in [9.17, 15) is 4.79 Å². The third kappa shape index (κ3) is 2.47. The smallest absolute Gasteiger partial charge is 0.178 e. The summed E-state index contributed by atoms with van der Waals surface area (Å²) in [6.07, 6.45) is 1.90. The standard InChI is InChI=1S/C13H15NO3/c1-16-9-11(15)8-14-6-5-10-7-12(17-2)3-4-13(10)14/h3-7H,8-9H2,1-2H3. The molecule has 1 aromatic carbocycles. The highest BCUT2D eigenvalue weighted by Crippen LogP contribution is 2.21. The summed E-state index contributed by atoms with van der Waals surface area (Å²) in [6, 6.07) is 7.76. The van der Waals surface area contributed by atoms with Gasteiger partial charge >= 0.3 is 0 Å². The first-order chi connectivity index (χ1) is 8.24. The lowest BCUT2D eigenvalue weighted by Crippen LogP contribution is -2.14. The average Bonchev–Trinajstić information content (AvgIpc) is 2.72. The molecule has 0 bridgehead atoms. The van der Waals surface area contributed by atoms with Crippen molar-refractivity contribution in [1.29, 1.82) is 0 Å². The number of ketones is 1. The maximum absolute atomic E-state index is 11.5. The van der Waals surface area contributed by atoms with E-state index in [2.05, 4.69) is 0 Å². The topological polar surface area (TPSA) is 40.5 Å².